The zero-order chi connectivity index (χ0) is 27.2. The van der Waals surface area contributed by atoms with E-state index in [2.05, 4.69) is 72.7 Å². The molecular weight excluding hydrogens is 500 g/mol. The molecule has 4 saturated carbocycles. The van der Waals surface area contributed by atoms with Crippen LogP contribution in [0.3, 0.4) is 0 Å². The standard InChI is InChI=1S/C33H48N4OS/c1-32-16-14-24(35-31(38)36-28(30-34-18-19-39-30)20-22-8-6-5-7-9-22)21-23(32)10-11-25-26-12-13-29(37(3)4)33(26,2)17-15-27(25)32/h5-9,18-19,23-29H,10-17,20-21H2,1-4H3,(H2,35,36,38)/t23?,24-,25-,26?,27?,28?,29-,32-,33-/m0/s1. The Balaban J connectivity index is 1.09. The zero-order valence-corrected chi connectivity index (χ0v) is 25.2. The molecule has 6 heteroatoms. The third-order valence-electron chi connectivity index (χ3n) is 11.9. The summed E-state index contributed by atoms with van der Waals surface area (Å²) in [6.07, 6.45) is 14.4. The topological polar surface area (TPSA) is 57.3 Å². The van der Waals surface area contributed by atoms with Gasteiger partial charge in [-0.3, -0.25) is 0 Å². The summed E-state index contributed by atoms with van der Waals surface area (Å²) in [5.41, 5.74) is 2.15. The number of benzene rings is 1. The van der Waals surface area contributed by atoms with Gasteiger partial charge in [0.05, 0.1) is 6.04 Å². The van der Waals surface area contributed by atoms with E-state index in [-0.39, 0.29) is 18.1 Å². The van der Waals surface area contributed by atoms with Gasteiger partial charge in [0.15, 0.2) is 0 Å². The largest absolute Gasteiger partial charge is 0.335 e. The highest BCUT2D eigenvalue weighted by Gasteiger charge is 2.60. The van der Waals surface area contributed by atoms with Gasteiger partial charge in [0.1, 0.15) is 5.01 Å². The van der Waals surface area contributed by atoms with Crippen LogP contribution in [0.4, 0.5) is 4.79 Å². The van der Waals surface area contributed by atoms with Crippen LogP contribution in [0.2, 0.25) is 0 Å². The molecule has 0 radical (unpaired) electrons. The fourth-order valence-corrected chi connectivity index (χ4v) is 10.7. The van der Waals surface area contributed by atoms with E-state index in [1.54, 1.807) is 11.3 Å². The molecule has 5 nitrogen and oxygen atoms in total. The van der Waals surface area contributed by atoms with Gasteiger partial charge in [-0.2, -0.15) is 0 Å². The number of fused-ring (bicyclic) bond motifs is 5. The Morgan fingerprint density at radius 1 is 1.03 bits per heavy atom. The van der Waals surface area contributed by atoms with Crippen LogP contribution in [-0.4, -0.2) is 42.1 Å². The van der Waals surface area contributed by atoms with Crippen molar-refractivity contribution in [1.29, 1.82) is 0 Å². The van der Waals surface area contributed by atoms with Crippen molar-refractivity contribution in [1.82, 2.24) is 20.5 Å². The second-order valence-electron chi connectivity index (χ2n) is 14.0. The Kier molecular flexibility index (Phi) is 7.56. The van der Waals surface area contributed by atoms with Crippen molar-refractivity contribution < 1.29 is 4.79 Å². The van der Waals surface area contributed by atoms with E-state index in [4.69, 9.17) is 0 Å². The van der Waals surface area contributed by atoms with E-state index in [1.807, 2.05) is 17.6 Å². The zero-order valence-electron chi connectivity index (χ0n) is 24.4. The first-order valence-corrected chi connectivity index (χ1v) is 16.3. The van der Waals surface area contributed by atoms with E-state index in [9.17, 15) is 4.79 Å². The molecule has 1 heterocycles. The normalized spacial score (nSPS) is 38.4. The average Bonchev–Trinajstić information content (AvgIpc) is 3.57. The monoisotopic (exact) mass is 548 g/mol. The number of nitrogens with zero attached hydrogens (tertiary/aromatic N) is 2. The van der Waals surface area contributed by atoms with Gasteiger partial charge in [-0.15, -0.1) is 11.3 Å². The molecule has 9 atom stereocenters. The fraction of sp³-hybridized carbons (Fsp3) is 0.697. The Labute approximate surface area is 239 Å². The third kappa shape index (κ3) is 5.05. The van der Waals surface area contributed by atoms with Gasteiger partial charge in [0, 0.05) is 23.7 Å². The molecule has 0 bridgehead atoms. The Hall–Kier alpha value is -1.92. The summed E-state index contributed by atoms with van der Waals surface area (Å²) in [4.78, 5) is 20.3. The number of aromatic nitrogens is 1. The Morgan fingerprint density at radius 3 is 2.54 bits per heavy atom. The maximum atomic E-state index is 13.3. The van der Waals surface area contributed by atoms with Crippen molar-refractivity contribution in [2.24, 2.45) is 34.5 Å². The first kappa shape index (κ1) is 27.3. The number of hydrogen-bond donors (Lipinski definition) is 2. The van der Waals surface area contributed by atoms with E-state index >= 15 is 0 Å². The molecule has 2 amide bonds. The van der Waals surface area contributed by atoms with E-state index in [0.29, 0.717) is 10.8 Å². The number of nitrogens with one attached hydrogen (secondary N) is 2. The number of thiazole rings is 1. The van der Waals surface area contributed by atoms with Gasteiger partial charge in [-0.05, 0) is 118 Å². The van der Waals surface area contributed by atoms with Crippen molar-refractivity contribution in [2.75, 3.05) is 14.1 Å². The van der Waals surface area contributed by atoms with Gasteiger partial charge < -0.3 is 15.5 Å². The molecule has 212 valence electrons. The maximum absolute atomic E-state index is 13.3. The minimum absolute atomic E-state index is 0.0393. The van der Waals surface area contributed by atoms with Crippen LogP contribution >= 0.6 is 11.3 Å². The van der Waals surface area contributed by atoms with E-state index in [1.165, 1.54) is 50.5 Å². The Bertz CT molecular complexity index is 1120. The molecule has 0 spiro atoms. The predicted octanol–water partition coefficient (Wildman–Crippen LogP) is 7.07. The van der Waals surface area contributed by atoms with Crippen LogP contribution in [0, 0.1) is 34.5 Å². The number of carbonyl (C=O) groups excluding carboxylic acids is 1. The quantitative estimate of drug-likeness (QED) is 0.406. The van der Waals surface area contributed by atoms with Crippen LogP contribution in [-0.2, 0) is 6.42 Å². The molecule has 0 aliphatic heterocycles. The fourth-order valence-electron chi connectivity index (χ4n) is 10.1. The number of hydrogen-bond acceptors (Lipinski definition) is 4. The lowest BCUT2D eigenvalue weighted by Gasteiger charge is -2.61. The minimum atomic E-state index is -0.106. The summed E-state index contributed by atoms with van der Waals surface area (Å²) in [6, 6.07) is 11.3. The summed E-state index contributed by atoms with van der Waals surface area (Å²) >= 11 is 1.61. The lowest BCUT2D eigenvalue weighted by molar-refractivity contribution is -0.115. The van der Waals surface area contributed by atoms with Crippen LogP contribution in [0.1, 0.15) is 88.2 Å². The van der Waals surface area contributed by atoms with Crippen LogP contribution in [0.5, 0.6) is 0 Å². The van der Waals surface area contributed by atoms with Gasteiger partial charge in [-0.25, -0.2) is 9.78 Å². The minimum Gasteiger partial charge on any atom is -0.335 e. The highest BCUT2D eigenvalue weighted by molar-refractivity contribution is 7.09. The number of amides is 2. The molecule has 4 fully saturated rings. The molecule has 0 saturated heterocycles. The molecule has 2 aromatic rings. The van der Waals surface area contributed by atoms with Crippen LogP contribution in [0.25, 0.3) is 0 Å². The second kappa shape index (κ2) is 10.8. The highest BCUT2D eigenvalue weighted by Crippen LogP contribution is 2.66. The van der Waals surface area contributed by atoms with Gasteiger partial charge in [0.25, 0.3) is 0 Å². The molecule has 4 unspecified atom stereocenters. The lowest BCUT2D eigenvalue weighted by atomic mass is 9.45. The summed E-state index contributed by atoms with van der Waals surface area (Å²) in [5.74, 6) is 3.40. The molecule has 4 aliphatic rings. The average molecular weight is 549 g/mol. The van der Waals surface area contributed by atoms with Crippen molar-refractivity contribution in [3.05, 3.63) is 52.5 Å². The van der Waals surface area contributed by atoms with Crippen molar-refractivity contribution in [3.8, 4) is 0 Å². The highest BCUT2D eigenvalue weighted by atomic mass is 32.1. The second-order valence-corrected chi connectivity index (χ2v) is 14.9. The van der Waals surface area contributed by atoms with Crippen molar-refractivity contribution in [2.45, 2.75) is 96.2 Å². The lowest BCUT2D eigenvalue weighted by Crippen LogP contribution is -2.57. The number of carbonyl (C=O) groups is 1. The van der Waals surface area contributed by atoms with Crippen molar-refractivity contribution >= 4 is 17.4 Å². The van der Waals surface area contributed by atoms with Crippen LogP contribution < -0.4 is 10.6 Å². The molecular formula is C33H48N4OS. The molecule has 2 N–H and O–H groups in total. The summed E-state index contributed by atoms with van der Waals surface area (Å²) < 4.78 is 0. The summed E-state index contributed by atoms with van der Waals surface area (Å²) in [5, 5.41) is 9.64. The smallest absolute Gasteiger partial charge is 0.315 e. The molecule has 39 heavy (non-hydrogen) atoms. The molecule has 4 aliphatic carbocycles. The van der Waals surface area contributed by atoms with Gasteiger partial charge in [0.2, 0.25) is 0 Å². The third-order valence-corrected chi connectivity index (χ3v) is 12.8. The van der Waals surface area contributed by atoms with Gasteiger partial charge in [-0.1, -0.05) is 44.2 Å². The molecule has 1 aromatic carbocycles. The first-order valence-electron chi connectivity index (χ1n) is 15.4. The summed E-state index contributed by atoms with van der Waals surface area (Å²) in [7, 11) is 4.60. The Morgan fingerprint density at radius 2 is 1.79 bits per heavy atom. The van der Waals surface area contributed by atoms with E-state index < -0.39 is 0 Å². The van der Waals surface area contributed by atoms with Crippen LogP contribution in [0.15, 0.2) is 41.9 Å². The number of rotatable bonds is 6. The van der Waals surface area contributed by atoms with Crippen molar-refractivity contribution in [3.63, 3.8) is 0 Å². The number of urea groups is 1. The first-order chi connectivity index (χ1) is 18.8. The SMILES string of the molecule is CN(C)[C@H]1CCC2[C@@H]3CCC4C[C@@H](NC(=O)NC(Cc5ccccc5)c5nccs5)CC[C@]4(C)C3CC[C@@]21C. The molecule has 6 rings (SSSR count). The maximum Gasteiger partial charge on any atom is 0.315 e. The molecule has 1 aromatic heterocycles. The van der Waals surface area contributed by atoms with E-state index in [0.717, 1.165) is 54.0 Å². The predicted molar refractivity (Wildman–Crippen MR) is 160 cm³/mol. The summed E-state index contributed by atoms with van der Waals surface area (Å²) in [6.45, 7) is 5.25. The van der Waals surface area contributed by atoms with Gasteiger partial charge >= 0.3 is 6.03 Å².